The number of halogens is 1. The molecule has 66 valence electrons. The van der Waals surface area contributed by atoms with Crippen molar-refractivity contribution < 1.29 is 5.11 Å². The van der Waals surface area contributed by atoms with Crippen LogP contribution in [0.15, 0.2) is 16.7 Å². The number of aromatic nitrogens is 3. The van der Waals surface area contributed by atoms with Gasteiger partial charge in [-0.15, -0.1) is 0 Å². The molecule has 2 heterocycles. The molecule has 0 amide bonds. The van der Waals surface area contributed by atoms with Crippen molar-refractivity contribution in [2.75, 3.05) is 5.73 Å². The second-order valence-corrected chi connectivity index (χ2v) is 3.35. The van der Waals surface area contributed by atoms with Gasteiger partial charge in [-0.25, -0.2) is 4.98 Å². The Hall–Kier alpha value is -1.43. The predicted molar refractivity (Wildman–Crippen MR) is 51.1 cm³/mol. The summed E-state index contributed by atoms with van der Waals surface area (Å²) >= 11 is 3.22. The number of hydrogen-bond acceptors (Lipinski definition) is 5. The zero-order valence-corrected chi connectivity index (χ0v) is 7.98. The van der Waals surface area contributed by atoms with E-state index in [4.69, 9.17) is 5.73 Å². The SMILES string of the molecule is Nc1nc(O)c2cc(Br)cnc2n1. The van der Waals surface area contributed by atoms with Gasteiger partial charge < -0.3 is 10.8 Å². The van der Waals surface area contributed by atoms with Crippen molar-refractivity contribution in [3.05, 3.63) is 16.7 Å². The summed E-state index contributed by atoms with van der Waals surface area (Å²) in [5.74, 6) is -0.142. The highest BCUT2D eigenvalue weighted by Crippen LogP contribution is 2.23. The fraction of sp³-hybridized carbons (Fsp3) is 0. The Morgan fingerprint density at radius 1 is 1.38 bits per heavy atom. The number of anilines is 1. The molecule has 0 aliphatic heterocycles. The molecule has 0 radical (unpaired) electrons. The zero-order chi connectivity index (χ0) is 9.42. The Morgan fingerprint density at radius 3 is 2.92 bits per heavy atom. The third-order valence-electron chi connectivity index (χ3n) is 1.52. The van der Waals surface area contributed by atoms with E-state index in [1.54, 1.807) is 12.3 Å². The number of nitrogens with zero attached hydrogens (tertiary/aromatic N) is 3. The van der Waals surface area contributed by atoms with Gasteiger partial charge in [-0.05, 0) is 22.0 Å². The summed E-state index contributed by atoms with van der Waals surface area (Å²) in [5, 5.41) is 9.86. The van der Waals surface area contributed by atoms with Crippen LogP contribution in [-0.2, 0) is 0 Å². The summed E-state index contributed by atoms with van der Waals surface area (Å²) in [6.45, 7) is 0. The van der Waals surface area contributed by atoms with Crippen LogP contribution in [0.5, 0.6) is 5.88 Å². The van der Waals surface area contributed by atoms with E-state index in [9.17, 15) is 5.11 Å². The molecule has 0 bridgehead atoms. The molecule has 6 heteroatoms. The molecular weight excluding hydrogens is 236 g/mol. The molecule has 0 spiro atoms. The first-order chi connectivity index (χ1) is 6.16. The number of aromatic hydroxyl groups is 1. The van der Waals surface area contributed by atoms with Crippen molar-refractivity contribution in [3.63, 3.8) is 0 Å². The molecule has 0 atom stereocenters. The highest BCUT2D eigenvalue weighted by Gasteiger charge is 2.05. The molecule has 2 aromatic heterocycles. The van der Waals surface area contributed by atoms with Crippen molar-refractivity contribution in [1.29, 1.82) is 0 Å². The smallest absolute Gasteiger partial charge is 0.225 e. The molecule has 0 fully saturated rings. The molecule has 0 saturated carbocycles. The van der Waals surface area contributed by atoms with E-state index in [1.165, 1.54) is 0 Å². The van der Waals surface area contributed by atoms with Gasteiger partial charge in [0, 0.05) is 10.7 Å². The number of pyridine rings is 1. The van der Waals surface area contributed by atoms with E-state index < -0.39 is 0 Å². The third-order valence-corrected chi connectivity index (χ3v) is 1.95. The minimum atomic E-state index is -0.156. The first-order valence-electron chi connectivity index (χ1n) is 3.44. The lowest BCUT2D eigenvalue weighted by Gasteiger charge is -1.99. The molecule has 13 heavy (non-hydrogen) atoms. The van der Waals surface area contributed by atoms with E-state index in [1.807, 2.05) is 0 Å². The van der Waals surface area contributed by atoms with Crippen LogP contribution in [0.3, 0.4) is 0 Å². The molecule has 0 aliphatic rings. The lowest BCUT2D eigenvalue weighted by atomic mass is 10.3. The Morgan fingerprint density at radius 2 is 2.15 bits per heavy atom. The Kier molecular flexibility index (Phi) is 1.77. The van der Waals surface area contributed by atoms with Crippen molar-refractivity contribution in [2.45, 2.75) is 0 Å². The molecule has 3 N–H and O–H groups in total. The fourth-order valence-electron chi connectivity index (χ4n) is 0.988. The van der Waals surface area contributed by atoms with Crippen LogP contribution in [0.4, 0.5) is 5.95 Å². The second kappa shape index (κ2) is 2.81. The van der Waals surface area contributed by atoms with Crippen LogP contribution in [0.1, 0.15) is 0 Å². The maximum absolute atomic E-state index is 9.38. The molecule has 0 saturated heterocycles. The summed E-state index contributed by atoms with van der Waals surface area (Å²) in [7, 11) is 0. The maximum Gasteiger partial charge on any atom is 0.225 e. The summed E-state index contributed by atoms with van der Waals surface area (Å²) in [6.07, 6.45) is 1.58. The fourth-order valence-corrected chi connectivity index (χ4v) is 1.32. The van der Waals surface area contributed by atoms with E-state index in [2.05, 4.69) is 30.9 Å². The molecule has 0 unspecified atom stereocenters. The van der Waals surface area contributed by atoms with Crippen LogP contribution >= 0.6 is 15.9 Å². The van der Waals surface area contributed by atoms with Crippen LogP contribution in [0, 0.1) is 0 Å². The van der Waals surface area contributed by atoms with Crippen molar-refractivity contribution >= 4 is 32.9 Å². The van der Waals surface area contributed by atoms with Gasteiger partial charge in [0.1, 0.15) is 0 Å². The average Bonchev–Trinajstić information content (AvgIpc) is 2.06. The largest absolute Gasteiger partial charge is 0.493 e. The van der Waals surface area contributed by atoms with Gasteiger partial charge in [0.25, 0.3) is 0 Å². The molecule has 0 aromatic carbocycles. The molecule has 2 aromatic rings. The van der Waals surface area contributed by atoms with Gasteiger partial charge in [-0.3, -0.25) is 0 Å². The number of rotatable bonds is 0. The standard InChI is InChI=1S/C7H5BrN4O/c8-3-1-4-5(10-2-3)11-7(9)12-6(4)13/h1-2H,(H3,9,10,11,12,13). The second-order valence-electron chi connectivity index (χ2n) is 2.43. The highest BCUT2D eigenvalue weighted by atomic mass is 79.9. The van der Waals surface area contributed by atoms with Gasteiger partial charge in [0.05, 0.1) is 5.39 Å². The molecule has 5 nitrogen and oxygen atoms in total. The van der Waals surface area contributed by atoms with Crippen molar-refractivity contribution in [1.82, 2.24) is 15.0 Å². The maximum atomic E-state index is 9.38. The van der Waals surface area contributed by atoms with Crippen molar-refractivity contribution in [3.8, 4) is 5.88 Å². The summed E-state index contributed by atoms with van der Waals surface area (Å²) < 4.78 is 0.753. The summed E-state index contributed by atoms with van der Waals surface area (Å²) in [6, 6.07) is 1.68. The van der Waals surface area contributed by atoms with Gasteiger partial charge in [-0.2, -0.15) is 9.97 Å². The van der Waals surface area contributed by atoms with Crippen LogP contribution in [0.2, 0.25) is 0 Å². The van der Waals surface area contributed by atoms with E-state index in [0.717, 1.165) is 4.47 Å². The van der Waals surface area contributed by atoms with Crippen LogP contribution < -0.4 is 5.73 Å². The van der Waals surface area contributed by atoms with Gasteiger partial charge in [0.15, 0.2) is 5.65 Å². The topological polar surface area (TPSA) is 84.9 Å². The van der Waals surface area contributed by atoms with Crippen molar-refractivity contribution in [2.24, 2.45) is 0 Å². The predicted octanol–water partition coefficient (Wildman–Crippen LogP) is 1.08. The van der Waals surface area contributed by atoms with Gasteiger partial charge >= 0.3 is 0 Å². The van der Waals surface area contributed by atoms with Gasteiger partial charge in [0.2, 0.25) is 11.8 Å². The first-order valence-corrected chi connectivity index (χ1v) is 4.24. The lowest BCUT2D eigenvalue weighted by Crippen LogP contribution is -1.96. The number of hydrogen-bond donors (Lipinski definition) is 2. The first kappa shape index (κ1) is 8.18. The van der Waals surface area contributed by atoms with E-state index >= 15 is 0 Å². The zero-order valence-electron chi connectivity index (χ0n) is 6.40. The monoisotopic (exact) mass is 240 g/mol. The minimum Gasteiger partial charge on any atom is -0.493 e. The quantitative estimate of drug-likeness (QED) is 0.720. The van der Waals surface area contributed by atoms with E-state index in [-0.39, 0.29) is 11.8 Å². The number of fused-ring (bicyclic) bond motifs is 1. The Labute approximate surface area is 81.8 Å². The van der Waals surface area contributed by atoms with E-state index in [0.29, 0.717) is 11.0 Å². The summed E-state index contributed by atoms with van der Waals surface area (Å²) in [4.78, 5) is 11.4. The van der Waals surface area contributed by atoms with Crippen LogP contribution in [-0.4, -0.2) is 20.1 Å². The highest BCUT2D eigenvalue weighted by molar-refractivity contribution is 9.10. The van der Waals surface area contributed by atoms with Gasteiger partial charge in [-0.1, -0.05) is 0 Å². The average molecular weight is 241 g/mol. The normalized spacial score (nSPS) is 10.5. The number of nitrogens with two attached hydrogens (primary N) is 1. The Balaban J connectivity index is 2.87. The lowest BCUT2D eigenvalue weighted by molar-refractivity contribution is 0.460. The Bertz CT molecular complexity index is 473. The minimum absolute atomic E-state index is 0.0137. The van der Waals surface area contributed by atoms with Crippen LogP contribution in [0.25, 0.3) is 11.0 Å². The molecule has 0 aliphatic carbocycles. The third kappa shape index (κ3) is 1.40. The number of nitrogen functional groups attached to an aromatic ring is 1. The molecular formula is C7H5BrN4O. The summed E-state index contributed by atoms with van der Waals surface area (Å²) in [5.41, 5.74) is 5.71. The molecule has 2 rings (SSSR count).